The molecule has 9 heteroatoms. The third kappa shape index (κ3) is 4.40. The predicted octanol–water partition coefficient (Wildman–Crippen LogP) is 2.80. The fraction of sp³-hybridized carbons (Fsp3) is 0.412. The van der Waals surface area contributed by atoms with E-state index in [2.05, 4.69) is 20.2 Å². The zero-order chi connectivity index (χ0) is 18.6. The average molecular weight is 380 g/mol. The molecule has 1 aliphatic rings. The molecule has 1 aromatic heterocycles. The summed E-state index contributed by atoms with van der Waals surface area (Å²) in [5, 5.41) is 8.68. The van der Waals surface area contributed by atoms with Crippen molar-refractivity contribution in [3.8, 4) is 0 Å². The van der Waals surface area contributed by atoms with Gasteiger partial charge in [-0.15, -0.1) is 0 Å². The van der Waals surface area contributed by atoms with Gasteiger partial charge in [-0.05, 0) is 37.1 Å². The van der Waals surface area contributed by atoms with Crippen LogP contribution >= 0.6 is 0 Å². The first-order valence-corrected chi connectivity index (χ1v) is 10.1. The first-order chi connectivity index (χ1) is 12.5. The summed E-state index contributed by atoms with van der Waals surface area (Å²) in [4.78, 5) is 12.5. The number of aromatic amines is 1. The minimum Gasteiger partial charge on any atom is -0.349 e. The van der Waals surface area contributed by atoms with Crippen LogP contribution in [0.4, 0.5) is 10.1 Å². The highest BCUT2D eigenvalue weighted by Gasteiger charge is 2.26. The van der Waals surface area contributed by atoms with E-state index in [4.69, 9.17) is 0 Å². The summed E-state index contributed by atoms with van der Waals surface area (Å²) in [7, 11) is -4.06. The Morgan fingerprint density at radius 1 is 1.12 bits per heavy atom. The Balaban J connectivity index is 1.75. The highest BCUT2D eigenvalue weighted by molar-refractivity contribution is 7.92. The Hall–Kier alpha value is -2.42. The number of anilines is 1. The third-order valence-electron chi connectivity index (χ3n) is 4.40. The molecule has 0 spiro atoms. The maximum atomic E-state index is 13.0. The number of amides is 1. The predicted molar refractivity (Wildman–Crippen MR) is 94.8 cm³/mol. The molecule has 26 heavy (non-hydrogen) atoms. The van der Waals surface area contributed by atoms with E-state index in [1.165, 1.54) is 18.3 Å². The van der Waals surface area contributed by atoms with Crippen LogP contribution < -0.4 is 10.0 Å². The van der Waals surface area contributed by atoms with E-state index in [0.717, 1.165) is 50.7 Å². The average Bonchev–Trinajstić information content (AvgIpc) is 2.98. The summed E-state index contributed by atoms with van der Waals surface area (Å²) < 4.78 is 40.4. The summed E-state index contributed by atoms with van der Waals surface area (Å²) in [5.74, 6) is -0.942. The van der Waals surface area contributed by atoms with E-state index >= 15 is 0 Å². The van der Waals surface area contributed by atoms with Gasteiger partial charge < -0.3 is 5.32 Å². The molecule has 1 aliphatic carbocycles. The number of benzene rings is 1. The molecule has 1 aromatic carbocycles. The smallest absolute Gasteiger partial charge is 0.279 e. The molecule has 0 saturated heterocycles. The van der Waals surface area contributed by atoms with Crippen LogP contribution in [-0.4, -0.2) is 30.6 Å². The molecule has 1 saturated carbocycles. The van der Waals surface area contributed by atoms with Crippen LogP contribution in [0.15, 0.2) is 35.5 Å². The Morgan fingerprint density at radius 3 is 2.42 bits per heavy atom. The van der Waals surface area contributed by atoms with Crippen molar-refractivity contribution in [1.29, 1.82) is 0 Å². The number of carbonyl (C=O) groups is 1. The standard InChI is InChI=1S/C17H21FN4O3S/c18-12-7-9-14(10-8-12)22-26(24,25)17-15(11-19-21-17)16(23)20-13-5-3-1-2-4-6-13/h7-11,13,22H,1-6H2,(H,19,21)(H,20,23). The Labute approximate surface area is 151 Å². The largest absolute Gasteiger partial charge is 0.349 e. The second kappa shape index (κ2) is 7.86. The van der Waals surface area contributed by atoms with Crippen molar-refractivity contribution in [3.63, 3.8) is 0 Å². The summed E-state index contributed by atoms with van der Waals surface area (Å²) in [6.07, 6.45) is 7.38. The fourth-order valence-corrected chi connectivity index (χ4v) is 4.21. The van der Waals surface area contributed by atoms with Crippen molar-refractivity contribution in [2.75, 3.05) is 4.72 Å². The number of hydrogen-bond donors (Lipinski definition) is 3. The van der Waals surface area contributed by atoms with Crippen LogP contribution in [0.25, 0.3) is 0 Å². The van der Waals surface area contributed by atoms with Crippen LogP contribution in [0.3, 0.4) is 0 Å². The summed E-state index contributed by atoms with van der Waals surface area (Å²) in [6, 6.07) is 4.93. The molecular formula is C17H21FN4O3S. The van der Waals surface area contributed by atoms with Crippen LogP contribution in [0.2, 0.25) is 0 Å². The van der Waals surface area contributed by atoms with Crippen molar-refractivity contribution in [1.82, 2.24) is 15.5 Å². The van der Waals surface area contributed by atoms with Gasteiger partial charge >= 0.3 is 0 Å². The van der Waals surface area contributed by atoms with E-state index in [1.54, 1.807) is 0 Å². The van der Waals surface area contributed by atoms with Crippen LogP contribution in [-0.2, 0) is 10.0 Å². The number of H-pyrrole nitrogens is 1. The number of sulfonamides is 1. The first kappa shape index (κ1) is 18.4. The highest BCUT2D eigenvalue weighted by atomic mass is 32.2. The lowest BCUT2D eigenvalue weighted by molar-refractivity contribution is 0.0930. The molecule has 2 aromatic rings. The highest BCUT2D eigenvalue weighted by Crippen LogP contribution is 2.20. The molecule has 0 atom stereocenters. The molecule has 3 rings (SSSR count). The third-order valence-corrected chi connectivity index (χ3v) is 5.76. The van der Waals surface area contributed by atoms with E-state index in [9.17, 15) is 17.6 Å². The number of aromatic nitrogens is 2. The first-order valence-electron chi connectivity index (χ1n) is 8.58. The van der Waals surface area contributed by atoms with Gasteiger partial charge in [-0.25, -0.2) is 4.39 Å². The number of carbonyl (C=O) groups excluding carboxylic acids is 1. The number of nitrogens with one attached hydrogen (secondary N) is 3. The summed E-state index contributed by atoms with van der Waals surface area (Å²) >= 11 is 0. The van der Waals surface area contributed by atoms with Crippen molar-refractivity contribution in [3.05, 3.63) is 41.8 Å². The lowest BCUT2D eigenvalue weighted by Crippen LogP contribution is -2.35. The van der Waals surface area contributed by atoms with Crippen molar-refractivity contribution >= 4 is 21.6 Å². The molecule has 0 radical (unpaired) electrons. The van der Waals surface area contributed by atoms with Gasteiger partial charge in [0.25, 0.3) is 15.9 Å². The van der Waals surface area contributed by atoms with Gasteiger partial charge in [0.2, 0.25) is 0 Å². The van der Waals surface area contributed by atoms with Crippen LogP contribution in [0.1, 0.15) is 48.9 Å². The van der Waals surface area contributed by atoms with Gasteiger partial charge in [-0.2, -0.15) is 13.5 Å². The molecular weight excluding hydrogens is 359 g/mol. The Kier molecular flexibility index (Phi) is 5.55. The molecule has 0 aliphatic heterocycles. The quantitative estimate of drug-likeness (QED) is 0.694. The molecule has 3 N–H and O–H groups in total. The number of nitrogens with zero attached hydrogens (tertiary/aromatic N) is 1. The van der Waals surface area contributed by atoms with Gasteiger partial charge in [0.1, 0.15) is 5.82 Å². The SMILES string of the molecule is O=C(NC1CCCCCC1)c1cn[nH]c1S(=O)(=O)Nc1ccc(F)cc1. The maximum Gasteiger partial charge on any atom is 0.279 e. The van der Waals surface area contributed by atoms with Crippen molar-refractivity contribution in [2.24, 2.45) is 0 Å². The molecule has 1 fully saturated rings. The van der Waals surface area contributed by atoms with Gasteiger partial charge in [-0.3, -0.25) is 14.6 Å². The lowest BCUT2D eigenvalue weighted by atomic mass is 10.1. The van der Waals surface area contributed by atoms with E-state index < -0.39 is 21.7 Å². The zero-order valence-corrected chi connectivity index (χ0v) is 15.0. The van der Waals surface area contributed by atoms with Crippen LogP contribution in [0.5, 0.6) is 0 Å². The molecule has 1 amide bonds. The van der Waals surface area contributed by atoms with E-state index in [0.29, 0.717) is 0 Å². The topological polar surface area (TPSA) is 104 Å². The molecule has 140 valence electrons. The maximum absolute atomic E-state index is 13.0. The van der Waals surface area contributed by atoms with Gasteiger partial charge in [0, 0.05) is 11.7 Å². The summed E-state index contributed by atoms with van der Waals surface area (Å²) in [5.41, 5.74) is 0.153. The molecule has 1 heterocycles. The minimum atomic E-state index is -4.06. The number of hydrogen-bond acceptors (Lipinski definition) is 4. The van der Waals surface area contributed by atoms with Gasteiger partial charge in [-0.1, -0.05) is 25.7 Å². The number of halogens is 1. The molecule has 0 bridgehead atoms. The van der Waals surface area contributed by atoms with Crippen molar-refractivity contribution < 1.29 is 17.6 Å². The van der Waals surface area contributed by atoms with E-state index in [-0.39, 0.29) is 22.3 Å². The minimum absolute atomic E-state index is 0.0381. The summed E-state index contributed by atoms with van der Waals surface area (Å²) in [6.45, 7) is 0. The zero-order valence-electron chi connectivity index (χ0n) is 14.2. The Morgan fingerprint density at radius 2 is 1.77 bits per heavy atom. The Bertz CT molecular complexity index is 856. The lowest BCUT2D eigenvalue weighted by Gasteiger charge is -2.16. The van der Waals surface area contributed by atoms with Gasteiger partial charge in [0.05, 0.1) is 11.8 Å². The van der Waals surface area contributed by atoms with Gasteiger partial charge in [0.15, 0.2) is 5.03 Å². The molecule has 7 nitrogen and oxygen atoms in total. The second-order valence-corrected chi connectivity index (χ2v) is 8.01. The number of rotatable bonds is 5. The van der Waals surface area contributed by atoms with E-state index in [1.807, 2.05) is 0 Å². The fourth-order valence-electron chi connectivity index (χ4n) is 3.05. The normalized spacial score (nSPS) is 16.0. The van der Waals surface area contributed by atoms with Crippen molar-refractivity contribution in [2.45, 2.75) is 49.6 Å². The second-order valence-electron chi connectivity index (χ2n) is 6.39. The monoisotopic (exact) mass is 380 g/mol. The molecule has 0 unspecified atom stereocenters. The van der Waals surface area contributed by atoms with Crippen LogP contribution in [0, 0.1) is 5.82 Å².